The van der Waals surface area contributed by atoms with E-state index in [1.165, 1.54) is 12.1 Å². The fourth-order valence-electron chi connectivity index (χ4n) is 1.31. The molecule has 3 heteroatoms. The van der Waals surface area contributed by atoms with Gasteiger partial charge in [-0.3, -0.25) is 4.79 Å². The van der Waals surface area contributed by atoms with Gasteiger partial charge in [0.1, 0.15) is 6.61 Å². The molecule has 2 nitrogen and oxygen atoms in total. The third kappa shape index (κ3) is 2.99. The minimum atomic E-state index is -0.480. The van der Waals surface area contributed by atoms with Crippen LogP contribution in [0.2, 0.25) is 13.1 Å². The van der Waals surface area contributed by atoms with Crippen molar-refractivity contribution in [3.05, 3.63) is 29.8 Å². The standard InChI is InChI=1S/C11H15O2Si/c1-9(12)13-8-10-6-4-5-7-11(10)14(2)3/h4-7H,8H2,1-3H3. The van der Waals surface area contributed by atoms with E-state index in [-0.39, 0.29) is 5.97 Å². The van der Waals surface area contributed by atoms with Gasteiger partial charge < -0.3 is 4.74 Å². The smallest absolute Gasteiger partial charge is 0.302 e. The predicted octanol–water partition coefficient (Wildman–Crippen LogP) is 1.71. The molecule has 75 valence electrons. The summed E-state index contributed by atoms with van der Waals surface area (Å²) in [6.07, 6.45) is 0. The van der Waals surface area contributed by atoms with Gasteiger partial charge in [0, 0.05) is 6.92 Å². The van der Waals surface area contributed by atoms with Gasteiger partial charge in [-0.1, -0.05) is 42.5 Å². The van der Waals surface area contributed by atoms with Crippen LogP contribution in [0, 0.1) is 0 Å². The second-order valence-corrected chi connectivity index (χ2v) is 5.98. The van der Waals surface area contributed by atoms with Crippen molar-refractivity contribution < 1.29 is 9.53 Å². The van der Waals surface area contributed by atoms with Crippen molar-refractivity contribution in [3.63, 3.8) is 0 Å². The van der Waals surface area contributed by atoms with E-state index in [1.54, 1.807) is 0 Å². The largest absolute Gasteiger partial charge is 0.461 e. The Kier molecular flexibility index (Phi) is 3.89. The fourth-order valence-corrected chi connectivity index (χ4v) is 2.54. The minimum Gasteiger partial charge on any atom is -0.461 e. The molecule has 0 aliphatic rings. The zero-order valence-electron chi connectivity index (χ0n) is 8.83. The van der Waals surface area contributed by atoms with Crippen molar-refractivity contribution >= 4 is 20.0 Å². The Labute approximate surface area is 86.5 Å². The van der Waals surface area contributed by atoms with Gasteiger partial charge in [0.15, 0.2) is 0 Å². The lowest BCUT2D eigenvalue weighted by Gasteiger charge is -2.10. The fraction of sp³-hybridized carbons (Fsp3) is 0.364. The monoisotopic (exact) mass is 207 g/mol. The molecule has 0 N–H and O–H groups in total. The summed E-state index contributed by atoms with van der Waals surface area (Å²) in [6.45, 7) is 6.31. The summed E-state index contributed by atoms with van der Waals surface area (Å²) in [5, 5.41) is 1.35. The molecule has 0 bridgehead atoms. The Morgan fingerprint density at radius 3 is 2.57 bits per heavy atom. The molecule has 0 saturated carbocycles. The third-order valence-electron chi connectivity index (χ3n) is 1.99. The molecule has 0 aliphatic heterocycles. The van der Waals surface area contributed by atoms with E-state index in [1.807, 2.05) is 18.2 Å². The van der Waals surface area contributed by atoms with Crippen LogP contribution in [0.3, 0.4) is 0 Å². The topological polar surface area (TPSA) is 26.3 Å². The van der Waals surface area contributed by atoms with Crippen molar-refractivity contribution in [2.24, 2.45) is 0 Å². The van der Waals surface area contributed by atoms with Gasteiger partial charge in [-0.05, 0) is 5.56 Å². The van der Waals surface area contributed by atoms with Crippen molar-refractivity contribution in [1.82, 2.24) is 0 Å². The lowest BCUT2D eigenvalue weighted by Crippen LogP contribution is -2.27. The molecule has 1 radical (unpaired) electrons. The first kappa shape index (κ1) is 11.0. The molecule has 1 aromatic carbocycles. The Hall–Kier alpha value is -1.09. The van der Waals surface area contributed by atoms with Crippen LogP contribution in [0.1, 0.15) is 12.5 Å². The molecule has 0 spiro atoms. The third-order valence-corrected chi connectivity index (χ3v) is 3.55. The van der Waals surface area contributed by atoms with Crippen LogP contribution < -0.4 is 5.19 Å². The summed E-state index contributed by atoms with van der Waals surface area (Å²) in [4.78, 5) is 10.7. The maximum absolute atomic E-state index is 10.7. The molecule has 1 aromatic rings. The maximum Gasteiger partial charge on any atom is 0.302 e. The summed E-state index contributed by atoms with van der Waals surface area (Å²) < 4.78 is 5.00. The van der Waals surface area contributed by atoms with Crippen LogP contribution in [-0.2, 0) is 16.1 Å². The van der Waals surface area contributed by atoms with E-state index in [2.05, 4.69) is 19.2 Å². The number of esters is 1. The quantitative estimate of drug-likeness (QED) is 0.557. The normalized spacial score (nSPS) is 10.3. The molecule has 0 aliphatic carbocycles. The molecule has 0 unspecified atom stereocenters. The maximum atomic E-state index is 10.7. The van der Waals surface area contributed by atoms with E-state index < -0.39 is 8.80 Å². The van der Waals surface area contributed by atoms with Crippen molar-refractivity contribution in [3.8, 4) is 0 Å². The van der Waals surface area contributed by atoms with Gasteiger partial charge in [-0.25, -0.2) is 0 Å². The first-order valence-electron chi connectivity index (χ1n) is 4.63. The Morgan fingerprint density at radius 2 is 2.00 bits per heavy atom. The highest BCUT2D eigenvalue weighted by Crippen LogP contribution is 2.01. The highest BCUT2D eigenvalue weighted by Gasteiger charge is 2.07. The Balaban J connectivity index is 2.79. The van der Waals surface area contributed by atoms with Crippen molar-refractivity contribution in [2.75, 3.05) is 0 Å². The SMILES string of the molecule is CC(=O)OCc1ccccc1[Si](C)C. The molecule has 0 saturated heterocycles. The number of ether oxygens (including phenoxy) is 1. The Morgan fingerprint density at radius 1 is 1.36 bits per heavy atom. The summed E-state index contributed by atoms with van der Waals surface area (Å²) in [7, 11) is -0.480. The number of rotatable bonds is 3. The number of benzene rings is 1. The average Bonchev–Trinajstić information content (AvgIpc) is 2.15. The second-order valence-electron chi connectivity index (χ2n) is 3.44. The first-order valence-corrected chi connectivity index (χ1v) is 7.13. The van der Waals surface area contributed by atoms with Crippen LogP contribution in [0.4, 0.5) is 0 Å². The summed E-state index contributed by atoms with van der Waals surface area (Å²) in [5.74, 6) is -0.221. The summed E-state index contributed by atoms with van der Waals surface area (Å²) in [5.41, 5.74) is 1.14. The zero-order valence-corrected chi connectivity index (χ0v) is 9.83. The summed E-state index contributed by atoms with van der Waals surface area (Å²) >= 11 is 0. The molecular weight excluding hydrogens is 192 g/mol. The van der Waals surface area contributed by atoms with E-state index in [0.717, 1.165) is 5.56 Å². The molecule has 0 aromatic heterocycles. The number of carbonyl (C=O) groups is 1. The molecule has 0 fully saturated rings. The Bertz CT molecular complexity index is 321. The molecule has 0 heterocycles. The average molecular weight is 207 g/mol. The zero-order chi connectivity index (χ0) is 10.6. The van der Waals surface area contributed by atoms with Crippen LogP contribution in [0.5, 0.6) is 0 Å². The molecular formula is C11H15O2Si. The lowest BCUT2D eigenvalue weighted by atomic mass is 10.2. The van der Waals surface area contributed by atoms with Gasteiger partial charge in [-0.2, -0.15) is 0 Å². The van der Waals surface area contributed by atoms with Crippen LogP contribution in [0.15, 0.2) is 24.3 Å². The van der Waals surface area contributed by atoms with E-state index >= 15 is 0 Å². The highest BCUT2D eigenvalue weighted by atomic mass is 28.3. The van der Waals surface area contributed by atoms with Gasteiger partial charge in [-0.15, -0.1) is 0 Å². The predicted molar refractivity (Wildman–Crippen MR) is 59.0 cm³/mol. The van der Waals surface area contributed by atoms with E-state index in [9.17, 15) is 4.79 Å². The van der Waals surface area contributed by atoms with Gasteiger partial charge in [0.05, 0.1) is 8.80 Å². The van der Waals surface area contributed by atoms with Crippen LogP contribution in [-0.4, -0.2) is 14.8 Å². The molecule has 14 heavy (non-hydrogen) atoms. The van der Waals surface area contributed by atoms with Crippen LogP contribution in [0.25, 0.3) is 0 Å². The lowest BCUT2D eigenvalue weighted by molar-refractivity contribution is -0.142. The summed E-state index contributed by atoms with van der Waals surface area (Å²) in [6, 6.07) is 8.15. The molecule has 1 rings (SSSR count). The van der Waals surface area contributed by atoms with Crippen molar-refractivity contribution in [1.29, 1.82) is 0 Å². The number of hydrogen-bond acceptors (Lipinski definition) is 2. The van der Waals surface area contributed by atoms with Gasteiger partial charge in [0.25, 0.3) is 0 Å². The van der Waals surface area contributed by atoms with Gasteiger partial charge >= 0.3 is 5.97 Å². The molecule has 0 amide bonds. The highest BCUT2D eigenvalue weighted by molar-refractivity contribution is 6.71. The van der Waals surface area contributed by atoms with E-state index in [0.29, 0.717) is 6.61 Å². The van der Waals surface area contributed by atoms with Gasteiger partial charge in [0.2, 0.25) is 0 Å². The number of carbonyl (C=O) groups excluding carboxylic acids is 1. The second kappa shape index (κ2) is 4.96. The molecule has 0 atom stereocenters. The first-order chi connectivity index (χ1) is 6.61. The minimum absolute atomic E-state index is 0.221. The van der Waals surface area contributed by atoms with E-state index in [4.69, 9.17) is 4.74 Å². The van der Waals surface area contributed by atoms with Crippen molar-refractivity contribution in [2.45, 2.75) is 26.6 Å². The number of hydrogen-bond donors (Lipinski definition) is 0. The van der Waals surface area contributed by atoms with Crippen LogP contribution >= 0.6 is 0 Å².